The molecule has 2 aromatic carbocycles. The molecule has 0 aliphatic rings. The van der Waals surface area contributed by atoms with Crippen molar-refractivity contribution >= 4 is 33.5 Å². The Morgan fingerprint density at radius 2 is 1.94 bits per heavy atom. The van der Waals surface area contributed by atoms with Crippen molar-refractivity contribution in [3.05, 3.63) is 47.0 Å². The highest BCUT2D eigenvalue weighted by Gasteiger charge is 2.07. The van der Waals surface area contributed by atoms with E-state index >= 15 is 0 Å². The largest absolute Gasteiger partial charge is 0.456 e. The minimum atomic E-state index is 0.397. The molecule has 2 nitrogen and oxygen atoms in total. The predicted molar refractivity (Wildman–Crippen MR) is 68.0 cm³/mol. The van der Waals surface area contributed by atoms with Crippen LogP contribution in [-0.2, 0) is 6.42 Å². The van der Waals surface area contributed by atoms with Crippen LogP contribution in [0.25, 0.3) is 21.9 Å². The lowest BCUT2D eigenvalue weighted by Crippen LogP contribution is -1.79. The summed E-state index contributed by atoms with van der Waals surface area (Å²) in [6.07, 6.45) is 0.397. The van der Waals surface area contributed by atoms with E-state index < -0.39 is 0 Å². The number of rotatable bonds is 1. The highest BCUT2D eigenvalue weighted by molar-refractivity contribution is 6.31. The first-order valence-corrected chi connectivity index (χ1v) is 5.63. The molecular formula is C14H8ClNO. The molecule has 3 heteroatoms. The lowest BCUT2D eigenvalue weighted by Gasteiger charge is -1.93. The summed E-state index contributed by atoms with van der Waals surface area (Å²) in [4.78, 5) is 0. The Balaban J connectivity index is 2.33. The summed E-state index contributed by atoms with van der Waals surface area (Å²) in [6, 6.07) is 13.5. The van der Waals surface area contributed by atoms with E-state index in [9.17, 15) is 0 Å². The van der Waals surface area contributed by atoms with Gasteiger partial charge in [0.1, 0.15) is 11.2 Å². The van der Waals surface area contributed by atoms with Gasteiger partial charge in [-0.2, -0.15) is 5.26 Å². The number of nitrogens with zero attached hydrogens (tertiary/aromatic N) is 1. The quantitative estimate of drug-likeness (QED) is 0.637. The van der Waals surface area contributed by atoms with Crippen LogP contribution in [0.5, 0.6) is 0 Å². The average molecular weight is 242 g/mol. The number of hydrogen-bond donors (Lipinski definition) is 0. The Labute approximate surface area is 103 Å². The Bertz CT molecular complexity index is 752. The number of benzene rings is 2. The van der Waals surface area contributed by atoms with Crippen LogP contribution in [0.2, 0.25) is 5.02 Å². The summed E-state index contributed by atoms with van der Waals surface area (Å²) in [5.74, 6) is 0. The van der Waals surface area contributed by atoms with Crippen molar-refractivity contribution in [3.8, 4) is 6.07 Å². The van der Waals surface area contributed by atoms with Crippen LogP contribution in [0, 0.1) is 11.3 Å². The van der Waals surface area contributed by atoms with Gasteiger partial charge in [0.2, 0.25) is 0 Å². The van der Waals surface area contributed by atoms with Crippen LogP contribution < -0.4 is 0 Å². The lowest BCUT2D eigenvalue weighted by atomic mass is 10.1. The topological polar surface area (TPSA) is 36.9 Å². The normalized spacial score (nSPS) is 10.8. The molecular weight excluding hydrogens is 234 g/mol. The number of fused-ring (bicyclic) bond motifs is 3. The third kappa shape index (κ3) is 1.65. The summed E-state index contributed by atoms with van der Waals surface area (Å²) in [7, 11) is 0. The fourth-order valence-corrected chi connectivity index (χ4v) is 2.17. The highest BCUT2D eigenvalue weighted by Crippen LogP contribution is 2.31. The van der Waals surface area contributed by atoms with Gasteiger partial charge in [-0.25, -0.2) is 0 Å². The number of nitriles is 1. The molecule has 0 spiro atoms. The molecule has 1 heterocycles. The van der Waals surface area contributed by atoms with Crippen molar-refractivity contribution in [2.24, 2.45) is 0 Å². The zero-order valence-corrected chi connectivity index (χ0v) is 9.66. The summed E-state index contributed by atoms with van der Waals surface area (Å²) >= 11 is 5.97. The third-order valence-corrected chi connectivity index (χ3v) is 3.02. The van der Waals surface area contributed by atoms with Gasteiger partial charge < -0.3 is 4.42 Å². The molecule has 1 aromatic heterocycles. The van der Waals surface area contributed by atoms with Crippen molar-refractivity contribution in [3.63, 3.8) is 0 Å². The average Bonchev–Trinajstić information content (AvgIpc) is 2.66. The van der Waals surface area contributed by atoms with Gasteiger partial charge in [0, 0.05) is 15.8 Å². The Morgan fingerprint density at radius 1 is 1.06 bits per heavy atom. The van der Waals surface area contributed by atoms with Gasteiger partial charge in [-0.05, 0) is 29.8 Å². The fourth-order valence-electron chi connectivity index (χ4n) is 2.00. The minimum Gasteiger partial charge on any atom is -0.456 e. The lowest BCUT2D eigenvalue weighted by molar-refractivity contribution is 0.668. The molecule has 0 unspecified atom stereocenters. The molecule has 3 aromatic rings. The number of furan rings is 1. The molecule has 0 aliphatic carbocycles. The van der Waals surface area contributed by atoms with E-state index in [-0.39, 0.29) is 0 Å². The predicted octanol–water partition coefficient (Wildman–Crippen LogP) is 4.31. The second-order valence-electron chi connectivity index (χ2n) is 3.91. The molecule has 0 amide bonds. The molecule has 0 saturated carbocycles. The highest BCUT2D eigenvalue weighted by atomic mass is 35.5. The standard InChI is InChI=1S/C14H8ClNO/c15-10-2-4-13-12(8-10)11-3-1-9(5-6-16)7-14(11)17-13/h1-4,7-8H,5H2. The summed E-state index contributed by atoms with van der Waals surface area (Å²) in [5.41, 5.74) is 2.58. The number of hydrogen-bond acceptors (Lipinski definition) is 2. The molecule has 0 radical (unpaired) electrons. The van der Waals surface area contributed by atoms with Crippen LogP contribution in [0.1, 0.15) is 5.56 Å². The van der Waals surface area contributed by atoms with E-state index in [1.165, 1.54) is 0 Å². The molecule has 17 heavy (non-hydrogen) atoms. The molecule has 3 rings (SSSR count). The minimum absolute atomic E-state index is 0.397. The van der Waals surface area contributed by atoms with Crippen molar-refractivity contribution in [1.82, 2.24) is 0 Å². The van der Waals surface area contributed by atoms with E-state index in [0.29, 0.717) is 11.4 Å². The van der Waals surface area contributed by atoms with Gasteiger partial charge in [0.25, 0.3) is 0 Å². The van der Waals surface area contributed by atoms with Gasteiger partial charge in [0.05, 0.1) is 12.5 Å². The van der Waals surface area contributed by atoms with Gasteiger partial charge in [-0.15, -0.1) is 0 Å². The first-order valence-electron chi connectivity index (χ1n) is 5.25. The SMILES string of the molecule is N#CCc1ccc2c(c1)oc1ccc(Cl)cc12. The Morgan fingerprint density at radius 3 is 2.76 bits per heavy atom. The van der Waals surface area contributed by atoms with Gasteiger partial charge in [-0.3, -0.25) is 0 Å². The Kier molecular flexibility index (Phi) is 2.28. The second kappa shape index (κ2) is 3.80. The maximum Gasteiger partial charge on any atom is 0.135 e. The smallest absolute Gasteiger partial charge is 0.135 e. The third-order valence-electron chi connectivity index (χ3n) is 2.78. The van der Waals surface area contributed by atoms with Crippen molar-refractivity contribution in [2.75, 3.05) is 0 Å². The summed E-state index contributed by atoms with van der Waals surface area (Å²) in [5, 5.41) is 11.4. The molecule has 0 fully saturated rings. The molecule has 0 aliphatic heterocycles. The number of halogens is 1. The molecule has 0 saturated heterocycles. The van der Waals surface area contributed by atoms with Crippen molar-refractivity contribution < 1.29 is 4.42 Å². The first-order chi connectivity index (χ1) is 8.28. The van der Waals surface area contributed by atoms with E-state index in [1.54, 1.807) is 0 Å². The summed E-state index contributed by atoms with van der Waals surface area (Å²) < 4.78 is 5.73. The van der Waals surface area contributed by atoms with Crippen LogP contribution in [0.15, 0.2) is 40.8 Å². The monoisotopic (exact) mass is 241 g/mol. The molecule has 0 atom stereocenters. The van der Waals surface area contributed by atoms with Crippen LogP contribution in [-0.4, -0.2) is 0 Å². The van der Waals surface area contributed by atoms with Crippen molar-refractivity contribution in [1.29, 1.82) is 5.26 Å². The van der Waals surface area contributed by atoms with Gasteiger partial charge >= 0.3 is 0 Å². The second-order valence-corrected chi connectivity index (χ2v) is 4.34. The van der Waals surface area contributed by atoms with Gasteiger partial charge in [-0.1, -0.05) is 23.7 Å². The summed E-state index contributed by atoms with van der Waals surface area (Å²) in [6.45, 7) is 0. The molecule has 0 N–H and O–H groups in total. The maximum atomic E-state index is 8.67. The Hall–Kier alpha value is -1.98. The van der Waals surface area contributed by atoms with Crippen molar-refractivity contribution in [2.45, 2.75) is 6.42 Å². The first kappa shape index (κ1) is 10.2. The molecule has 0 bridgehead atoms. The zero-order chi connectivity index (χ0) is 11.8. The van der Waals surface area contributed by atoms with Crippen LogP contribution in [0.4, 0.5) is 0 Å². The van der Waals surface area contributed by atoms with Crippen LogP contribution in [0.3, 0.4) is 0 Å². The maximum absolute atomic E-state index is 8.67. The van der Waals surface area contributed by atoms with E-state index in [0.717, 1.165) is 27.5 Å². The van der Waals surface area contributed by atoms with E-state index in [2.05, 4.69) is 6.07 Å². The van der Waals surface area contributed by atoms with Crippen LogP contribution >= 0.6 is 11.6 Å². The van der Waals surface area contributed by atoms with Gasteiger partial charge in [0.15, 0.2) is 0 Å². The fraction of sp³-hybridized carbons (Fsp3) is 0.0714. The van der Waals surface area contributed by atoms with E-state index in [4.69, 9.17) is 21.3 Å². The van der Waals surface area contributed by atoms with E-state index in [1.807, 2.05) is 36.4 Å². The zero-order valence-electron chi connectivity index (χ0n) is 8.90. The molecule has 82 valence electrons.